The van der Waals surface area contributed by atoms with Crippen molar-refractivity contribution in [1.29, 1.82) is 0 Å². The molecule has 0 amide bonds. The van der Waals surface area contributed by atoms with Crippen molar-refractivity contribution >= 4 is 64.3 Å². The Bertz CT molecular complexity index is 2540. The van der Waals surface area contributed by atoms with Crippen molar-refractivity contribution < 1.29 is 4.39 Å². The summed E-state index contributed by atoms with van der Waals surface area (Å²) in [6.07, 6.45) is 0.499. The van der Waals surface area contributed by atoms with E-state index in [2.05, 4.69) is 57.7 Å². The number of nitrogens with zero attached hydrogens (tertiary/aromatic N) is 4. The second-order valence-electron chi connectivity index (χ2n) is 11.2. The first-order valence-corrected chi connectivity index (χ1v) is 15.4. The number of thiophene rings is 1. The van der Waals surface area contributed by atoms with E-state index in [4.69, 9.17) is 9.97 Å². The van der Waals surface area contributed by atoms with Crippen LogP contribution in [-0.2, 0) is 7.05 Å². The van der Waals surface area contributed by atoms with E-state index in [0.717, 1.165) is 50.0 Å². The largest absolute Gasteiger partial charge is 0.327 e. The molecule has 9 rings (SSSR count). The Morgan fingerprint density at radius 3 is 2.39 bits per heavy atom. The van der Waals surface area contributed by atoms with Gasteiger partial charge in [-0.25, -0.2) is 14.4 Å². The molecule has 0 radical (unpaired) electrons. The van der Waals surface area contributed by atoms with Crippen LogP contribution in [0.3, 0.4) is 0 Å². The average molecular weight is 589 g/mol. The van der Waals surface area contributed by atoms with Gasteiger partial charge in [0.2, 0.25) is 0 Å². The first kappa shape index (κ1) is 25.2. The molecule has 4 heterocycles. The molecular formula is C38H25FN4S. The molecule has 1 unspecified atom stereocenters. The first-order valence-electron chi connectivity index (χ1n) is 14.6. The molecule has 0 aliphatic rings. The molecule has 6 heteroatoms. The number of para-hydroxylation sites is 2. The summed E-state index contributed by atoms with van der Waals surface area (Å²) in [6.45, 7) is 0. The van der Waals surface area contributed by atoms with E-state index in [9.17, 15) is 0 Å². The molecule has 0 saturated carbocycles. The number of alkyl halides is 1. The zero-order valence-electron chi connectivity index (χ0n) is 23.8. The number of hydrogen-bond acceptors (Lipinski definition) is 3. The lowest BCUT2D eigenvalue weighted by Crippen LogP contribution is -1.99. The van der Waals surface area contributed by atoms with Gasteiger partial charge in [-0.3, -0.25) is 4.57 Å². The van der Waals surface area contributed by atoms with E-state index in [-0.39, 0.29) is 0 Å². The van der Waals surface area contributed by atoms with Crippen LogP contribution in [0.1, 0.15) is 17.3 Å². The number of benzene rings is 5. The summed E-state index contributed by atoms with van der Waals surface area (Å²) in [5.41, 5.74) is 6.10. The fraction of sp³-hybridized carbons (Fsp3) is 0.0526. The first-order chi connectivity index (χ1) is 21.7. The third kappa shape index (κ3) is 3.68. The number of halogens is 1. The van der Waals surface area contributed by atoms with E-state index in [0.29, 0.717) is 11.1 Å². The number of rotatable bonds is 4. The second-order valence-corrected chi connectivity index (χ2v) is 12.3. The lowest BCUT2D eigenvalue weighted by atomic mass is 9.99. The number of imidazole rings is 1. The van der Waals surface area contributed by atoms with Crippen LogP contribution in [-0.4, -0.2) is 19.1 Å². The van der Waals surface area contributed by atoms with Gasteiger partial charge in [0.25, 0.3) is 0 Å². The zero-order chi connectivity index (χ0) is 29.4. The highest BCUT2D eigenvalue weighted by Gasteiger charge is 2.21. The second kappa shape index (κ2) is 9.59. The van der Waals surface area contributed by atoms with E-state index in [1.807, 2.05) is 86.0 Å². The van der Waals surface area contributed by atoms with Crippen molar-refractivity contribution in [1.82, 2.24) is 19.1 Å². The molecule has 44 heavy (non-hydrogen) atoms. The molecule has 4 aromatic heterocycles. The quantitative estimate of drug-likeness (QED) is 0.205. The van der Waals surface area contributed by atoms with Crippen LogP contribution in [0, 0.1) is 0 Å². The van der Waals surface area contributed by atoms with Gasteiger partial charge in [-0.1, -0.05) is 72.8 Å². The third-order valence-corrected chi connectivity index (χ3v) is 9.82. The number of hydrogen-bond donors (Lipinski definition) is 0. The molecular weight excluding hydrogens is 564 g/mol. The van der Waals surface area contributed by atoms with Crippen LogP contribution < -0.4 is 0 Å². The fourth-order valence-electron chi connectivity index (χ4n) is 6.64. The van der Waals surface area contributed by atoms with Gasteiger partial charge in [-0.05, 0) is 59.7 Å². The number of fused-ring (bicyclic) bond motifs is 8. The summed E-state index contributed by atoms with van der Waals surface area (Å²) < 4.78 is 23.3. The molecule has 5 aromatic carbocycles. The highest BCUT2D eigenvalue weighted by Crippen LogP contribution is 2.43. The van der Waals surface area contributed by atoms with Crippen LogP contribution in [0.2, 0.25) is 0 Å². The summed E-state index contributed by atoms with van der Waals surface area (Å²) in [5, 5.41) is 4.64. The third-order valence-electron chi connectivity index (χ3n) is 8.69. The Morgan fingerprint density at radius 2 is 1.50 bits per heavy atom. The lowest BCUT2D eigenvalue weighted by molar-refractivity contribution is 0.402. The minimum atomic E-state index is -1.31. The highest BCUT2D eigenvalue weighted by molar-refractivity contribution is 7.26. The monoisotopic (exact) mass is 588 g/mol. The molecule has 0 aliphatic heterocycles. The van der Waals surface area contributed by atoms with Crippen LogP contribution in [0.15, 0.2) is 128 Å². The SMILES string of the molecule is Cn1c(-c2cccc(C(F)c3ccc4c5ccc6sc7ccccc7c6c5n(-c5ccccn5)c4c3)c2)nc2ccccc21. The van der Waals surface area contributed by atoms with Gasteiger partial charge in [0.15, 0.2) is 6.17 Å². The van der Waals surface area contributed by atoms with Gasteiger partial charge < -0.3 is 4.57 Å². The maximum absolute atomic E-state index is 16.5. The summed E-state index contributed by atoms with van der Waals surface area (Å²) in [7, 11) is 2.00. The zero-order valence-corrected chi connectivity index (χ0v) is 24.6. The minimum absolute atomic E-state index is 0.598. The molecule has 0 saturated heterocycles. The molecule has 0 spiro atoms. The summed E-state index contributed by atoms with van der Waals surface area (Å²) >= 11 is 1.80. The molecule has 0 aliphatic carbocycles. The highest BCUT2D eigenvalue weighted by atomic mass is 32.1. The van der Waals surface area contributed by atoms with Gasteiger partial charge in [0.1, 0.15) is 11.6 Å². The number of aromatic nitrogens is 4. The van der Waals surface area contributed by atoms with E-state index < -0.39 is 6.17 Å². The van der Waals surface area contributed by atoms with Crippen molar-refractivity contribution in [3.8, 4) is 17.2 Å². The molecule has 4 nitrogen and oxygen atoms in total. The van der Waals surface area contributed by atoms with Crippen LogP contribution in [0.5, 0.6) is 0 Å². The van der Waals surface area contributed by atoms with Crippen LogP contribution in [0.25, 0.3) is 70.2 Å². The van der Waals surface area contributed by atoms with Crippen molar-refractivity contribution in [3.05, 3.63) is 139 Å². The number of aryl methyl sites for hydroxylation is 1. The molecule has 9 aromatic rings. The van der Waals surface area contributed by atoms with E-state index >= 15 is 4.39 Å². The van der Waals surface area contributed by atoms with Crippen molar-refractivity contribution in [3.63, 3.8) is 0 Å². The van der Waals surface area contributed by atoms with E-state index in [1.54, 1.807) is 11.3 Å². The van der Waals surface area contributed by atoms with Gasteiger partial charge in [-0.15, -0.1) is 11.3 Å². The van der Waals surface area contributed by atoms with Gasteiger partial charge in [0, 0.05) is 49.8 Å². The standard InChI is InChI=1S/C38H25FN4S/c1-42-30-13-4-3-12-29(30)41-38(42)25-10-8-9-23(21-25)36(39)24-16-17-26-27-18-19-33-35(28-11-2-5-14-32(28)44-33)37(27)43(31(26)22-24)34-15-6-7-20-40-34/h2-22,36H,1H3. The Kier molecular flexibility index (Phi) is 5.49. The topological polar surface area (TPSA) is 35.6 Å². The molecule has 210 valence electrons. The maximum atomic E-state index is 16.5. The molecule has 1 atom stereocenters. The Morgan fingerprint density at radius 1 is 0.682 bits per heavy atom. The smallest absolute Gasteiger partial charge is 0.150 e. The Hall–Kier alpha value is -5.33. The molecule has 0 bridgehead atoms. The maximum Gasteiger partial charge on any atom is 0.150 e. The summed E-state index contributed by atoms with van der Waals surface area (Å²) in [5.74, 6) is 1.63. The van der Waals surface area contributed by atoms with Crippen molar-refractivity contribution in [2.24, 2.45) is 7.05 Å². The fourth-order valence-corrected chi connectivity index (χ4v) is 7.75. The summed E-state index contributed by atoms with van der Waals surface area (Å²) in [6, 6.07) is 40.6. The van der Waals surface area contributed by atoms with Crippen molar-refractivity contribution in [2.45, 2.75) is 6.17 Å². The van der Waals surface area contributed by atoms with Crippen LogP contribution in [0.4, 0.5) is 4.39 Å². The normalized spacial score (nSPS) is 12.7. The average Bonchev–Trinajstić information content (AvgIpc) is 3.73. The predicted octanol–water partition coefficient (Wildman–Crippen LogP) is 10.2. The Labute approximate surface area is 256 Å². The minimum Gasteiger partial charge on any atom is -0.327 e. The Balaban J connectivity index is 1.25. The molecule has 0 fully saturated rings. The lowest BCUT2D eigenvalue weighted by Gasteiger charge is -2.13. The van der Waals surface area contributed by atoms with Gasteiger partial charge >= 0.3 is 0 Å². The number of pyridine rings is 1. The van der Waals surface area contributed by atoms with Crippen molar-refractivity contribution in [2.75, 3.05) is 0 Å². The van der Waals surface area contributed by atoms with Gasteiger partial charge in [-0.2, -0.15) is 0 Å². The predicted molar refractivity (Wildman–Crippen MR) is 181 cm³/mol. The summed E-state index contributed by atoms with van der Waals surface area (Å²) in [4.78, 5) is 9.60. The van der Waals surface area contributed by atoms with E-state index in [1.165, 1.54) is 20.2 Å². The van der Waals surface area contributed by atoms with Gasteiger partial charge in [0.05, 0.1) is 22.1 Å². The molecule has 0 N–H and O–H groups in total. The van der Waals surface area contributed by atoms with Crippen LogP contribution >= 0.6 is 11.3 Å².